The van der Waals surface area contributed by atoms with Crippen LogP contribution in [-0.4, -0.2) is 19.2 Å². The molecule has 0 aromatic heterocycles. The summed E-state index contributed by atoms with van der Waals surface area (Å²) in [6.45, 7) is 2.00. The molecule has 1 aliphatic carbocycles. The second kappa shape index (κ2) is 5.81. The summed E-state index contributed by atoms with van der Waals surface area (Å²) >= 11 is 6.10. The number of hydrogen-bond donors (Lipinski definition) is 2. The summed E-state index contributed by atoms with van der Waals surface area (Å²) in [5, 5.41) is 4.29. The van der Waals surface area contributed by atoms with Crippen LogP contribution in [0.25, 0.3) is 0 Å². The Morgan fingerprint density at radius 3 is 2.56 bits per heavy atom. The average Bonchev–Trinajstić information content (AvgIpc) is 2.36. The largest absolute Gasteiger partial charge is 0.495 e. The monoisotopic (exact) mass is 268 g/mol. The predicted octanol–water partition coefficient (Wildman–Crippen LogP) is 3.34. The van der Waals surface area contributed by atoms with Crippen molar-refractivity contribution in [1.82, 2.24) is 0 Å². The van der Waals surface area contributed by atoms with Crippen LogP contribution in [0.3, 0.4) is 0 Å². The molecule has 0 bridgehead atoms. The topological polar surface area (TPSA) is 47.3 Å². The SMILES string of the molecule is COc1cc(Cl)c(C)cc1NC1CCC(N)CC1. The molecule has 1 aromatic carbocycles. The van der Waals surface area contributed by atoms with E-state index in [9.17, 15) is 0 Å². The van der Waals surface area contributed by atoms with Gasteiger partial charge in [0.2, 0.25) is 0 Å². The van der Waals surface area contributed by atoms with Gasteiger partial charge < -0.3 is 15.8 Å². The molecule has 4 heteroatoms. The van der Waals surface area contributed by atoms with Crippen molar-refractivity contribution in [1.29, 1.82) is 0 Å². The van der Waals surface area contributed by atoms with Crippen LogP contribution in [0, 0.1) is 6.92 Å². The Labute approximate surface area is 114 Å². The highest BCUT2D eigenvalue weighted by molar-refractivity contribution is 6.31. The Balaban J connectivity index is 2.10. The lowest BCUT2D eigenvalue weighted by Gasteiger charge is -2.28. The van der Waals surface area contributed by atoms with Gasteiger partial charge in [-0.3, -0.25) is 0 Å². The van der Waals surface area contributed by atoms with Gasteiger partial charge in [-0.2, -0.15) is 0 Å². The van der Waals surface area contributed by atoms with Crippen molar-refractivity contribution in [2.24, 2.45) is 5.73 Å². The number of methoxy groups -OCH3 is 1. The van der Waals surface area contributed by atoms with Crippen LogP contribution in [0.4, 0.5) is 5.69 Å². The molecule has 2 rings (SSSR count). The summed E-state index contributed by atoms with van der Waals surface area (Å²) in [6.07, 6.45) is 4.41. The van der Waals surface area contributed by atoms with E-state index in [1.165, 1.54) is 0 Å². The Kier molecular flexibility index (Phi) is 4.36. The molecule has 0 heterocycles. The first-order chi connectivity index (χ1) is 8.60. The zero-order chi connectivity index (χ0) is 13.1. The molecule has 1 aromatic rings. The van der Waals surface area contributed by atoms with Crippen molar-refractivity contribution in [3.8, 4) is 5.75 Å². The molecule has 18 heavy (non-hydrogen) atoms. The van der Waals surface area contributed by atoms with Crippen molar-refractivity contribution in [2.75, 3.05) is 12.4 Å². The van der Waals surface area contributed by atoms with E-state index < -0.39 is 0 Å². The van der Waals surface area contributed by atoms with Gasteiger partial charge in [0.25, 0.3) is 0 Å². The Morgan fingerprint density at radius 1 is 1.28 bits per heavy atom. The first-order valence-corrected chi connectivity index (χ1v) is 6.84. The maximum Gasteiger partial charge on any atom is 0.143 e. The number of hydrogen-bond acceptors (Lipinski definition) is 3. The van der Waals surface area contributed by atoms with Crippen LogP contribution in [0.5, 0.6) is 5.75 Å². The van der Waals surface area contributed by atoms with E-state index in [1.54, 1.807) is 7.11 Å². The molecule has 3 N–H and O–H groups in total. The number of halogens is 1. The molecule has 0 saturated heterocycles. The van der Waals surface area contributed by atoms with Gasteiger partial charge >= 0.3 is 0 Å². The van der Waals surface area contributed by atoms with Gasteiger partial charge in [0.15, 0.2) is 0 Å². The van der Waals surface area contributed by atoms with Crippen molar-refractivity contribution < 1.29 is 4.74 Å². The summed E-state index contributed by atoms with van der Waals surface area (Å²) in [5.74, 6) is 0.806. The Hall–Kier alpha value is -0.930. The third-order valence-corrected chi connectivity index (χ3v) is 4.02. The van der Waals surface area contributed by atoms with Crippen LogP contribution < -0.4 is 15.8 Å². The zero-order valence-electron chi connectivity index (χ0n) is 11.0. The third-order valence-electron chi connectivity index (χ3n) is 3.61. The fraction of sp³-hybridized carbons (Fsp3) is 0.571. The maximum absolute atomic E-state index is 6.10. The molecule has 1 saturated carbocycles. The minimum absolute atomic E-state index is 0.372. The van der Waals surface area contributed by atoms with E-state index in [2.05, 4.69) is 11.4 Å². The van der Waals surface area contributed by atoms with Crippen LogP contribution in [0.1, 0.15) is 31.2 Å². The van der Waals surface area contributed by atoms with Gasteiger partial charge in [0.05, 0.1) is 12.8 Å². The highest BCUT2D eigenvalue weighted by Gasteiger charge is 2.19. The second-order valence-electron chi connectivity index (χ2n) is 5.06. The van der Waals surface area contributed by atoms with Crippen molar-refractivity contribution in [3.05, 3.63) is 22.7 Å². The van der Waals surface area contributed by atoms with E-state index >= 15 is 0 Å². The van der Waals surface area contributed by atoms with E-state index in [0.717, 1.165) is 47.7 Å². The molecule has 0 amide bonds. The lowest BCUT2D eigenvalue weighted by atomic mass is 9.91. The molecule has 3 nitrogen and oxygen atoms in total. The Bertz CT molecular complexity index is 415. The maximum atomic E-state index is 6.10. The summed E-state index contributed by atoms with van der Waals surface area (Å²) in [6, 6.07) is 4.78. The lowest BCUT2D eigenvalue weighted by Crippen LogP contribution is -2.32. The molecule has 0 aliphatic heterocycles. The van der Waals surface area contributed by atoms with Crippen LogP contribution in [0.2, 0.25) is 5.02 Å². The van der Waals surface area contributed by atoms with Crippen LogP contribution >= 0.6 is 11.6 Å². The summed E-state index contributed by atoms with van der Waals surface area (Å²) in [7, 11) is 1.67. The number of nitrogens with one attached hydrogen (secondary N) is 1. The molecule has 1 aliphatic rings. The molecule has 0 radical (unpaired) electrons. The quantitative estimate of drug-likeness (QED) is 0.884. The number of ether oxygens (including phenoxy) is 1. The highest BCUT2D eigenvalue weighted by atomic mass is 35.5. The van der Waals surface area contributed by atoms with Gasteiger partial charge in [0.1, 0.15) is 5.75 Å². The molecule has 1 fully saturated rings. The van der Waals surface area contributed by atoms with E-state index in [0.29, 0.717) is 12.1 Å². The minimum Gasteiger partial charge on any atom is -0.495 e. The van der Waals surface area contributed by atoms with Gasteiger partial charge in [-0.15, -0.1) is 0 Å². The van der Waals surface area contributed by atoms with Crippen LogP contribution in [-0.2, 0) is 0 Å². The fourth-order valence-corrected chi connectivity index (χ4v) is 2.58. The minimum atomic E-state index is 0.372. The molecule has 100 valence electrons. The second-order valence-corrected chi connectivity index (χ2v) is 5.46. The van der Waals surface area contributed by atoms with Gasteiger partial charge in [-0.05, 0) is 44.2 Å². The van der Waals surface area contributed by atoms with E-state index in [-0.39, 0.29) is 0 Å². The predicted molar refractivity (Wildman–Crippen MR) is 76.6 cm³/mol. The number of benzene rings is 1. The first kappa shape index (κ1) is 13.5. The zero-order valence-corrected chi connectivity index (χ0v) is 11.8. The lowest BCUT2D eigenvalue weighted by molar-refractivity contribution is 0.401. The van der Waals surface area contributed by atoms with E-state index in [1.807, 2.05) is 13.0 Å². The number of rotatable bonds is 3. The van der Waals surface area contributed by atoms with Gasteiger partial charge in [-0.25, -0.2) is 0 Å². The van der Waals surface area contributed by atoms with E-state index in [4.69, 9.17) is 22.1 Å². The summed E-state index contributed by atoms with van der Waals surface area (Å²) < 4.78 is 5.37. The molecule has 0 spiro atoms. The van der Waals surface area contributed by atoms with Gasteiger partial charge in [-0.1, -0.05) is 11.6 Å². The summed E-state index contributed by atoms with van der Waals surface area (Å²) in [4.78, 5) is 0. The summed E-state index contributed by atoms with van der Waals surface area (Å²) in [5.41, 5.74) is 8.01. The molecular formula is C14H21ClN2O. The smallest absolute Gasteiger partial charge is 0.143 e. The molecular weight excluding hydrogens is 248 g/mol. The van der Waals surface area contributed by atoms with Crippen molar-refractivity contribution >= 4 is 17.3 Å². The highest BCUT2D eigenvalue weighted by Crippen LogP contribution is 2.33. The standard InChI is InChI=1S/C14H21ClN2O/c1-9-7-13(14(18-2)8-12(9)15)17-11-5-3-10(16)4-6-11/h7-8,10-11,17H,3-6,16H2,1-2H3. The Morgan fingerprint density at radius 2 is 1.94 bits per heavy atom. The fourth-order valence-electron chi connectivity index (χ4n) is 2.43. The normalized spacial score (nSPS) is 23.8. The molecule has 0 unspecified atom stereocenters. The number of anilines is 1. The van der Waals surface area contributed by atoms with Gasteiger partial charge in [0, 0.05) is 23.2 Å². The molecule has 0 atom stereocenters. The third kappa shape index (κ3) is 3.09. The van der Waals surface area contributed by atoms with Crippen LogP contribution in [0.15, 0.2) is 12.1 Å². The number of nitrogens with two attached hydrogens (primary N) is 1. The number of aryl methyl sites for hydroxylation is 1. The van der Waals surface area contributed by atoms with Crippen molar-refractivity contribution in [2.45, 2.75) is 44.7 Å². The first-order valence-electron chi connectivity index (χ1n) is 6.46. The average molecular weight is 269 g/mol. The van der Waals surface area contributed by atoms with Crippen molar-refractivity contribution in [3.63, 3.8) is 0 Å².